The van der Waals surface area contributed by atoms with Crippen LogP contribution in [0.5, 0.6) is 0 Å². The van der Waals surface area contributed by atoms with E-state index in [9.17, 15) is 9.59 Å². The summed E-state index contributed by atoms with van der Waals surface area (Å²) in [4.78, 5) is 34.0. The molecule has 2 aromatic carbocycles. The molecule has 0 aliphatic carbocycles. The molecule has 0 aliphatic rings. The minimum atomic E-state index is -0.467. The SMILES string of the molecule is COC(=O)c1ccccc1NC(=S)N(Cc1cccnc1)Cc1cc2cc(C)ccc2[nH]c1=O. The minimum absolute atomic E-state index is 0.176. The van der Waals surface area contributed by atoms with Gasteiger partial charge in [-0.25, -0.2) is 4.79 Å². The molecule has 0 atom stereocenters. The predicted molar refractivity (Wildman–Crippen MR) is 137 cm³/mol. The fourth-order valence-corrected chi connectivity index (χ4v) is 3.92. The highest BCUT2D eigenvalue weighted by Gasteiger charge is 2.17. The summed E-state index contributed by atoms with van der Waals surface area (Å²) in [5.74, 6) is -0.467. The van der Waals surface area contributed by atoms with Gasteiger partial charge in [-0.15, -0.1) is 0 Å². The Bertz CT molecular complexity index is 1400. The van der Waals surface area contributed by atoms with Crippen molar-refractivity contribution >= 4 is 39.9 Å². The van der Waals surface area contributed by atoms with Crippen molar-refractivity contribution in [2.75, 3.05) is 12.4 Å². The number of benzene rings is 2. The van der Waals surface area contributed by atoms with Crippen LogP contribution in [0.3, 0.4) is 0 Å². The van der Waals surface area contributed by atoms with Crippen LogP contribution in [0, 0.1) is 6.92 Å². The first-order chi connectivity index (χ1) is 16.4. The van der Waals surface area contributed by atoms with Gasteiger partial charge in [0.2, 0.25) is 0 Å². The maximum Gasteiger partial charge on any atom is 0.339 e. The van der Waals surface area contributed by atoms with Crippen LogP contribution in [0.2, 0.25) is 0 Å². The number of aromatic nitrogens is 2. The monoisotopic (exact) mass is 472 g/mol. The number of nitrogens with one attached hydrogen (secondary N) is 2. The van der Waals surface area contributed by atoms with Crippen molar-refractivity contribution in [1.29, 1.82) is 0 Å². The van der Waals surface area contributed by atoms with Gasteiger partial charge < -0.3 is 19.9 Å². The van der Waals surface area contributed by atoms with Gasteiger partial charge in [-0.3, -0.25) is 9.78 Å². The zero-order valence-electron chi connectivity index (χ0n) is 18.9. The van der Waals surface area contributed by atoms with Crippen LogP contribution < -0.4 is 10.9 Å². The second-order valence-corrected chi connectivity index (χ2v) is 8.29. The van der Waals surface area contributed by atoms with E-state index in [1.807, 2.05) is 48.2 Å². The van der Waals surface area contributed by atoms with Crippen LogP contribution in [0.1, 0.15) is 27.0 Å². The summed E-state index contributed by atoms with van der Waals surface area (Å²) >= 11 is 5.73. The van der Waals surface area contributed by atoms with Crippen molar-refractivity contribution in [3.05, 3.63) is 106 Å². The Balaban J connectivity index is 1.67. The number of aryl methyl sites for hydroxylation is 1. The quantitative estimate of drug-likeness (QED) is 0.317. The Hall–Kier alpha value is -4.04. The highest BCUT2D eigenvalue weighted by atomic mass is 32.1. The average Bonchev–Trinajstić information content (AvgIpc) is 2.84. The zero-order chi connectivity index (χ0) is 24.1. The molecular formula is C26H24N4O3S. The lowest BCUT2D eigenvalue weighted by Crippen LogP contribution is -2.36. The van der Waals surface area contributed by atoms with Gasteiger partial charge in [0.25, 0.3) is 5.56 Å². The van der Waals surface area contributed by atoms with Crippen LogP contribution >= 0.6 is 12.2 Å². The van der Waals surface area contributed by atoms with Crippen molar-refractivity contribution in [3.8, 4) is 0 Å². The van der Waals surface area contributed by atoms with E-state index in [1.165, 1.54) is 7.11 Å². The summed E-state index contributed by atoms with van der Waals surface area (Å²) in [5, 5.41) is 4.47. The number of nitrogens with zero attached hydrogens (tertiary/aromatic N) is 2. The van der Waals surface area contributed by atoms with Gasteiger partial charge in [0.05, 0.1) is 24.9 Å². The second kappa shape index (κ2) is 10.3. The number of esters is 1. The maximum atomic E-state index is 12.8. The fourth-order valence-electron chi connectivity index (χ4n) is 3.68. The number of hydrogen-bond acceptors (Lipinski definition) is 5. The summed E-state index contributed by atoms with van der Waals surface area (Å²) in [7, 11) is 1.33. The van der Waals surface area contributed by atoms with Crippen LogP contribution in [0.4, 0.5) is 5.69 Å². The number of H-pyrrole nitrogens is 1. The minimum Gasteiger partial charge on any atom is -0.465 e. The lowest BCUT2D eigenvalue weighted by Gasteiger charge is -2.26. The molecule has 0 amide bonds. The van der Waals surface area contributed by atoms with E-state index in [0.29, 0.717) is 28.5 Å². The van der Waals surface area contributed by atoms with Crippen LogP contribution in [-0.2, 0) is 17.8 Å². The molecule has 0 spiro atoms. The standard InChI is InChI=1S/C26H24N4O3S/c1-17-9-10-22-19(12-17)13-20(24(31)28-22)16-30(15-18-6-5-11-27-14-18)26(34)29-23-8-4-3-7-21(23)25(32)33-2/h3-14H,15-16H2,1-2H3,(H,28,31)(H,29,34). The molecule has 34 heavy (non-hydrogen) atoms. The number of carbonyl (C=O) groups excluding carboxylic acids is 1. The van der Waals surface area contributed by atoms with E-state index >= 15 is 0 Å². The lowest BCUT2D eigenvalue weighted by atomic mass is 10.1. The second-order valence-electron chi connectivity index (χ2n) is 7.90. The third-order valence-electron chi connectivity index (χ3n) is 5.40. The Labute approximate surface area is 202 Å². The molecule has 7 nitrogen and oxygen atoms in total. The van der Waals surface area contributed by atoms with E-state index in [2.05, 4.69) is 15.3 Å². The third-order valence-corrected chi connectivity index (χ3v) is 5.76. The van der Waals surface area contributed by atoms with Gasteiger partial charge in [-0.05, 0) is 66.5 Å². The Morgan fingerprint density at radius 3 is 2.71 bits per heavy atom. The summed E-state index contributed by atoms with van der Waals surface area (Å²) in [5.41, 5.74) is 4.12. The van der Waals surface area contributed by atoms with Crippen molar-refractivity contribution in [3.63, 3.8) is 0 Å². The highest BCUT2D eigenvalue weighted by Crippen LogP contribution is 2.19. The molecule has 4 rings (SSSR count). The molecule has 0 bridgehead atoms. The number of fused-ring (bicyclic) bond motifs is 1. The van der Waals surface area contributed by atoms with Crippen LogP contribution in [0.15, 0.2) is 77.9 Å². The van der Waals surface area contributed by atoms with Crippen LogP contribution in [-0.4, -0.2) is 33.1 Å². The molecule has 0 radical (unpaired) electrons. The van der Waals surface area contributed by atoms with Gasteiger partial charge in [0, 0.05) is 30.0 Å². The fraction of sp³-hybridized carbons (Fsp3) is 0.154. The molecule has 0 aliphatic heterocycles. The topological polar surface area (TPSA) is 87.3 Å². The summed E-state index contributed by atoms with van der Waals surface area (Å²) in [6.45, 7) is 2.70. The van der Waals surface area contributed by atoms with Gasteiger partial charge in [-0.2, -0.15) is 0 Å². The van der Waals surface area contributed by atoms with Crippen molar-refractivity contribution in [1.82, 2.24) is 14.9 Å². The van der Waals surface area contributed by atoms with E-state index in [4.69, 9.17) is 17.0 Å². The van der Waals surface area contributed by atoms with Crippen molar-refractivity contribution < 1.29 is 9.53 Å². The van der Waals surface area contributed by atoms with Gasteiger partial charge >= 0.3 is 5.97 Å². The third kappa shape index (κ3) is 5.29. The molecule has 8 heteroatoms. The van der Waals surface area contributed by atoms with Gasteiger partial charge in [0.1, 0.15) is 0 Å². The van der Waals surface area contributed by atoms with Gasteiger partial charge in [0.15, 0.2) is 5.11 Å². The van der Waals surface area contributed by atoms with E-state index in [-0.39, 0.29) is 12.1 Å². The molecule has 2 N–H and O–H groups in total. The first-order valence-electron chi connectivity index (χ1n) is 10.7. The van der Waals surface area contributed by atoms with E-state index in [1.54, 1.807) is 36.7 Å². The van der Waals surface area contributed by atoms with Gasteiger partial charge in [-0.1, -0.05) is 29.8 Å². The molecule has 0 saturated carbocycles. The number of rotatable bonds is 6. The molecule has 0 fully saturated rings. The number of ether oxygens (including phenoxy) is 1. The molecule has 172 valence electrons. The first kappa shape index (κ1) is 23.1. The smallest absolute Gasteiger partial charge is 0.339 e. The number of anilines is 1. The largest absolute Gasteiger partial charge is 0.465 e. The molecule has 4 aromatic rings. The van der Waals surface area contributed by atoms with E-state index < -0.39 is 5.97 Å². The molecule has 2 heterocycles. The number of pyridine rings is 2. The average molecular weight is 473 g/mol. The number of thiocarbonyl (C=S) groups is 1. The molecular weight excluding hydrogens is 448 g/mol. The maximum absolute atomic E-state index is 12.8. The number of para-hydroxylation sites is 1. The van der Waals surface area contributed by atoms with E-state index in [0.717, 1.165) is 22.0 Å². The summed E-state index contributed by atoms with van der Waals surface area (Å²) in [6.07, 6.45) is 3.46. The first-order valence-corrected chi connectivity index (χ1v) is 11.1. The highest BCUT2D eigenvalue weighted by molar-refractivity contribution is 7.80. The van der Waals surface area contributed by atoms with Crippen molar-refractivity contribution in [2.24, 2.45) is 0 Å². The van der Waals surface area contributed by atoms with Crippen molar-refractivity contribution in [2.45, 2.75) is 20.0 Å². The molecule has 0 unspecified atom stereocenters. The summed E-state index contributed by atoms with van der Waals surface area (Å²) < 4.78 is 4.89. The Morgan fingerprint density at radius 1 is 1.12 bits per heavy atom. The predicted octanol–water partition coefficient (Wildman–Crippen LogP) is 4.42. The normalized spacial score (nSPS) is 10.6. The molecule has 2 aromatic heterocycles. The molecule has 0 saturated heterocycles. The summed E-state index contributed by atoms with van der Waals surface area (Å²) in [6, 6.07) is 18.6. The number of hydrogen-bond donors (Lipinski definition) is 2. The Morgan fingerprint density at radius 2 is 1.94 bits per heavy atom. The number of methoxy groups -OCH3 is 1. The number of carbonyl (C=O) groups is 1. The zero-order valence-corrected chi connectivity index (χ0v) is 19.7. The van der Waals surface area contributed by atoms with Crippen LogP contribution in [0.25, 0.3) is 10.9 Å². The lowest BCUT2D eigenvalue weighted by molar-refractivity contribution is 0.0602. The number of aromatic amines is 1. The Kier molecular flexibility index (Phi) is 6.98.